The topological polar surface area (TPSA) is 125 Å². The summed E-state index contributed by atoms with van der Waals surface area (Å²) >= 11 is 19.0. The highest BCUT2D eigenvalue weighted by Crippen LogP contribution is 2.40. The third-order valence-corrected chi connectivity index (χ3v) is 11.2. The Labute approximate surface area is 347 Å². The maximum atomic E-state index is 13.9. The fraction of sp³-hybridized carbons (Fsp3) is 0.273. The number of amides is 3. The number of azo groups is 1. The van der Waals surface area contributed by atoms with E-state index in [1.807, 2.05) is 42.5 Å². The Morgan fingerprint density at radius 3 is 2.18 bits per heavy atom. The van der Waals surface area contributed by atoms with Crippen molar-refractivity contribution in [1.29, 1.82) is 0 Å². The average molecular weight is 826 g/mol. The molecule has 0 saturated carbocycles. The van der Waals surface area contributed by atoms with E-state index in [9.17, 15) is 14.4 Å². The van der Waals surface area contributed by atoms with Crippen LogP contribution in [0, 0.1) is 0 Å². The van der Waals surface area contributed by atoms with Crippen LogP contribution in [0.4, 0.5) is 17.1 Å². The van der Waals surface area contributed by atoms with Crippen LogP contribution in [0.15, 0.2) is 112 Å². The van der Waals surface area contributed by atoms with Gasteiger partial charge in [-0.05, 0) is 83.2 Å². The van der Waals surface area contributed by atoms with Crippen molar-refractivity contribution in [1.82, 2.24) is 5.32 Å². The van der Waals surface area contributed by atoms with E-state index in [0.717, 1.165) is 34.2 Å². The third kappa shape index (κ3) is 9.14. The predicted molar refractivity (Wildman–Crippen MR) is 230 cm³/mol. The molecule has 1 aliphatic heterocycles. The molecule has 10 nitrogen and oxygen atoms in total. The molecule has 1 heterocycles. The van der Waals surface area contributed by atoms with Crippen LogP contribution in [-0.2, 0) is 20.4 Å². The molecule has 57 heavy (non-hydrogen) atoms. The van der Waals surface area contributed by atoms with Gasteiger partial charge in [0.1, 0.15) is 11.4 Å². The zero-order chi connectivity index (χ0) is 41.1. The van der Waals surface area contributed by atoms with Crippen LogP contribution < -0.4 is 20.4 Å². The number of benzene rings is 5. The van der Waals surface area contributed by atoms with Crippen molar-refractivity contribution in [3.63, 3.8) is 0 Å². The fourth-order valence-corrected chi connectivity index (χ4v) is 7.17. The molecule has 1 aliphatic rings. The molecule has 0 aromatic heterocycles. The molecule has 3 amide bonds. The van der Waals surface area contributed by atoms with Crippen molar-refractivity contribution in [2.45, 2.75) is 71.3 Å². The molecule has 0 unspecified atom stereocenters. The molecule has 6 rings (SSSR count). The minimum atomic E-state index is -1.34. The average Bonchev–Trinajstić information content (AvgIpc) is 3.48. The molecule has 0 radical (unpaired) electrons. The van der Waals surface area contributed by atoms with Crippen molar-refractivity contribution in [2.24, 2.45) is 15.3 Å². The quantitative estimate of drug-likeness (QED) is 0.122. The van der Waals surface area contributed by atoms with Gasteiger partial charge >= 0.3 is 0 Å². The normalized spacial score (nSPS) is 14.6. The molecule has 0 spiro atoms. The van der Waals surface area contributed by atoms with E-state index in [2.05, 4.69) is 79.6 Å². The number of nitrogens with one attached hydrogen (secondary N) is 2. The highest BCUT2D eigenvalue weighted by atomic mass is 35.5. The van der Waals surface area contributed by atoms with Gasteiger partial charge in [-0.15, -0.1) is 5.10 Å². The first-order valence-electron chi connectivity index (χ1n) is 18.6. The summed E-state index contributed by atoms with van der Waals surface area (Å²) in [6.07, 6.45) is 1.89. The number of carbonyl (C=O) groups excluding carboxylic acids is 3. The summed E-state index contributed by atoms with van der Waals surface area (Å²) in [7, 11) is 0. The predicted octanol–water partition coefficient (Wildman–Crippen LogP) is 11.4. The number of hydrogen-bond donors (Lipinski definition) is 2. The summed E-state index contributed by atoms with van der Waals surface area (Å²) < 4.78 is 6.09. The molecule has 13 heteroatoms. The van der Waals surface area contributed by atoms with Gasteiger partial charge in [-0.1, -0.05) is 125 Å². The van der Waals surface area contributed by atoms with Crippen molar-refractivity contribution in [2.75, 3.05) is 16.9 Å². The lowest BCUT2D eigenvalue weighted by atomic mass is 9.76. The van der Waals surface area contributed by atoms with Crippen LogP contribution >= 0.6 is 34.8 Å². The molecule has 0 bridgehead atoms. The number of nitrogens with zero attached hydrogens (tertiary/aromatic N) is 4. The second kappa shape index (κ2) is 17.1. The molecule has 294 valence electrons. The summed E-state index contributed by atoms with van der Waals surface area (Å²) in [5, 5.41) is 21.9. The summed E-state index contributed by atoms with van der Waals surface area (Å²) in [6, 6.07) is 27.2. The molecular weight excluding hydrogens is 783 g/mol. The number of amidine groups is 1. The standard InChI is InChI=1S/C44H43Cl3N6O4/c1-7-43(3,4)28-18-21-36(32(22-28)44(5,6)8-2)57-25-37(54)48-30-19-16-27(17-20-30)41(55)49-40-38(51-50-35-15-11-13-26-12-9-10-14-31(26)35)42(56)53(52-40)39-33(46)23-29(45)24-34(39)47/h9-24,38H,7-8,25H2,1-6H3,(H,48,54)(H,49,52,55)/t38-/m0/s1. The van der Waals surface area contributed by atoms with Crippen molar-refractivity contribution in [3.05, 3.63) is 129 Å². The molecule has 0 aliphatic carbocycles. The molecule has 0 saturated heterocycles. The Bertz CT molecular complexity index is 2380. The highest BCUT2D eigenvalue weighted by Gasteiger charge is 2.40. The smallest absolute Gasteiger partial charge is 0.282 e. The van der Waals surface area contributed by atoms with Crippen LogP contribution in [0.25, 0.3) is 10.8 Å². The van der Waals surface area contributed by atoms with Gasteiger partial charge in [-0.2, -0.15) is 15.2 Å². The lowest BCUT2D eigenvalue weighted by molar-refractivity contribution is -0.118. The van der Waals surface area contributed by atoms with Crippen LogP contribution in [0.2, 0.25) is 15.1 Å². The first kappa shape index (κ1) is 41.3. The molecule has 5 aromatic carbocycles. The fourth-order valence-electron chi connectivity index (χ4n) is 6.19. The number of halogens is 3. The summed E-state index contributed by atoms with van der Waals surface area (Å²) in [6.45, 7) is 12.9. The van der Waals surface area contributed by atoms with Gasteiger partial charge in [0.2, 0.25) is 6.04 Å². The number of carbonyl (C=O) groups is 3. The first-order valence-corrected chi connectivity index (χ1v) is 19.7. The van der Waals surface area contributed by atoms with Gasteiger partial charge in [0.15, 0.2) is 12.4 Å². The Balaban J connectivity index is 1.18. The van der Waals surface area contributed by atoms with E-state index in [-0.39, 0.29) is 55.5 Å². The van der Waals surface area contributed by atoms with Gasteiger partial charge in [0.05, 0.1) is 15.7 Å². The minimum Gasteiger partial charge on any atom is -0.483 e. The maximum Gasteiger partial charge on any atom is 0.282 e. The second-order valence-electron chi connectivity index (χ2n) is 15.0. The largest absolute Gasteiger partial charge is 0.483 e. The number of rotatable bonds is 12. The first-order chi connectivity index (χ1) is 27.1. The van der Waals surface area contributed by atoms with Crippen LogP contribution in [0.3, 0.4) is 0 Å². The van der Waals surface area contributed by atoms with Crippen LogP contribution in [-0.4, -0.2) is 36.2 Å². The van der Waals surface area contributed by atoms with Gasteiger partial charge in [0.25, 0.3) is 17.7 Å². The number of hydrogen-bond acceptors (Lipinski definition) is 7. The lowest BCUT2D eigenvalue weighted by Crippen LogP contribution is -2.39. The van der Waals surface area contributed by atoms with E-state index in [0.29, 0.717) is 17.1 Å². The van der Waals surface area contributed by atoms with E-state index < -0.39 is 17.9 Å². The van der Waals surface area contributed by atoms with Gasteiger partial charge in [-0.3, -0.25) is 14.4 Å². The van der Waals surface area contributed by atoms with E-state index in [1.165, 1.54) is 29.8 Å². The van der Waals surface area contributed by atoms with E-state index in [4.69, 9.17) is 39.5 Å². The number of anilines is 2. The van der Waals surface area contributed by atoms with Crippen LogP contribution in [0.1, 0.15) is 75.9 Å². The Kier molecular flexibility index (Phi) is 12.4. The molecular formula is C44H43Cl3N6O4. The van der Waals surface area contributed by atoms with Gasteiger partial charge in [-0.25, -0.2) is 0 Å². The van der Waals surface area contributed by atoms with E-state index in [1.54, 1.807) is 18.2 Å². The minimum absolute atomic E-state index is 0.00478. The van der Waals surface area contributed by atoms with E-state index >= 15 is 0 Å². The van der Waals surface area contributed by atoms with Crippen LogP contribution in [0.5, 0.6) is 5.75 Å². The number of ether oxygens (including phenoxy) is 1. The van der Waals surface area contributed by atoms with Crippen molar-refractivity contribution >= 4 is 86.2 Å². The monoisotopic (exact) mass is 824 g/mol. The summed E-state index contributed by atoms with van der Waals surface area (Å²) in [5.74, 6) is -1.01. The summed E-state index contributed by atoms with van der Waals surface area (Å²) in [5.41, 5.74) is 3.42. The Hall–Kier alpha value is -5.29. The maximum absolute atomic E-state index is 13.9. The summed E-state index contributed by atoms with van der Waals surface area (Å²) in [4.78, 5) is 40.5. The van der Waals surface area contributed by atoms with Crippen molar-refractivity contribution < 1.29 is 19.1 Å². The Morgan fingerprint density at radius 2 is 1.49 bits per heavy atom. The SMILES string of the molecule is CCC(C)(C)c1ccc(OCC(=O)Nc2ccc(C(=O)NC3=NN(c4c(Cl)cc(Cl)cc4Cl)C(=O)[C@H]3N=Nc3cccc4ccccc34)cc2)c(C(C)(C)CC)c1. The lowest BCUT2D eigenvalue weighted by Gasteiger charge is -2.30. The molecule has 1 atom stereocenters. The van der Waals surface area contributed by atoms with Gasteiger partial charge in [0, 0.05) is 27.2 Å². The zero-order valence-corrected chi connectivity index (χ0v) is 34.8. The highest BCUT2D eigenvalue weighted by molar-refractivity contribution is 6.43. The zero-order valence-electron chi connectivity index (χ0n) is 32.5. The number of hydrazone groups is 1. The molecule has 0 fully saturated rings. The second-order valence-corrected chi connectivity index (χ2v) is 16.3. The van der Waals surface area contributed by atoms with Crippen molar-refractivity contribution in [3.8, 4) is 5.75 Å². The molecule has 2 N–H and O–H groups in total. The third-order valence-electron chi connectivity index (χ3n) is 10.4. The van der Waals surface area contributed by atoms with Gasteiger partial charge < -0.3 is 15.4 Å². The molecule has 5 aromatic rings. The number of fused-ring (bicyclic) bond motifs is 1. The Morgan fingerprint density at radius 1 is 0.825 bits per heavy atom.